The molecule has 6 nitrogen and oxygen atoms in total. The van der Waals surface area contributed by atoms with Crippen molar-refractivity contribution in [2.75, 3.05) is 12.3 Å². The normalized spacial score (nSPS) is 13.3. The number of nitrogens with two attached hydrogens (primary N) is 2. The van der Waals surface area contributed by atoms with Crippen LogP contribution in [0.1, 0.15) is 40.0 Å². The summed E-state index contributed by atoms with van der Waals surface area (Å²) >= 11 is 0. The number of anilines is 1. The van der Waals surface area contributed by atoms with Gasteiger partial charge in [0.25, 0.3) is 0 Å². The summed E-state index contributed by atoms with van der Waals surface area (Å²) in [6, 6.07) is 7.45. The van der Waals surface area contributed by atoms with E-state index in [2.05, 4.69) is 9.71 Å². The minimum atomic E-state index is -2.27. The molecule has 0 fully saturated rings. The highest BCUT2D eigenvalue weighted by Crippen LogP contribution is 2.14. The Labute approximate surface area is 133 Å². The van der Waals surface area contributed by atoms with E-state index in [0.717, 1.165) is 36.5 Å². The molecule has 0 bridgehead atoms. The highest BCUT2D eigenvalue weighted by atomic mass is 32.2. The lowest BCUT2D eigenvalue weighted by Gasteiger charge is -2.26. The third-order valence-corrected chi connectivity index (χ3v) is 5.80. The molecule has 0 aliphatic rings. The van der Waals surface area contributed by atoms with Crippen molar-refractivity contribution in [2.24, 2.45) is 5.73 Å². The van der Waals surface area contributed by atoms with Crippen molar-refractivity contribution in [3.8, 4) is 0 Å². The van der Waals surface area contributed by atoms with Gasteiger partial charge in [0, 0.05) is 23.4 Å². The monoisotopic (exact) mass is 325 g/mol. The predicted molar refractivity (Wildman–Crippen MR) is 95.1 cm³/mol. The molecule has 0 heterocycles. The van der Waals surface area contributed by atoms with Crippen LogP contribution in [-0.4, -0.2) is 17.1 Å². The molecule has 8 N–H and O–H groups in total. The lowest BCUT2D eigenvalue weighted by Crippen LogP contribution is -2.69. The van der Waals surface area contributed by atoms with Gasteiger partial charge in [-0.15, -0.1) is 0 Å². The van der Waals surface area contributed by atoms with Crippen molar-refractivity contribution in [1.82, 2.24) is 4.72 Å². The zero-order valence-corrected chi connectivity index (χ0v) is 14.5. The van der Waals surface area contributed by atoms with Crippen LogP contribution >= 0.6 is 0 Å². The summed E-state index contributed by atoms with van der Waals surface area (Å²) in [5.41, 5.74) is 13.3. The lowest BCUT2D eigenvalue weighted by atomic mass is 10.2. The van der Waals surface area contributed by atoms with E-state index in [0.29, 0.717) is 6.54 Å². The van der Waals surface area contributed by atoms with Gasteiger partial charge in [0.1, 0.15) is 5.69 Å². The van der Waals surface area contributed by atoms with Gasteiger partial charge in [-0.1, -0.05) is 0 Å². The number of amidine groups is 1. The van der Waals surface area contributed by atoms with Crippen LogP contribution < -0.4 is 21.2 Å². The minimum Gasteiger partial charge on any atom is -0.399 e. The predicted octanol–water partition coefficient (Wildman–Crippen LogP) is 1.49. The molecular formula is C15H29N6S+. The molecule has 124 valence electrons. The molecule has 0 unspecified atom stereocenters. The van der Waals surface area contributed by atoms with Crippen LogP contribution in [0.25, 0.3) is 0 Å². The summed E-state index contributed by atoms with van der Waals surface area (Å²) in [4.78, 5) is 3.15. The number of nitrogen functional groups attached to an aromatic ring is 1. The van der Waals surface area contributed by atoms with Gasteiger partial charge < -0.3 is 5.73 Å². The van der Waals surface area contributed by atoms with E-state index in [1.165, 1.54) is 0 Å². The number of rotatable bonds is 7. The van der Waals surface area contributed by atoms with Crippen molar-refractivity contribution in [2.45, 2.75) is 44.8 Å². The molecule has 1 aromatic rings. The quantitative estimate of drug-likeness (QED) is 0.197. The Morgan fingerprint density at radius 1 is 1.18 bits per heavy atom. The molecule has 0 radical (unpaired) electrons. The number of nitrogens with one attached hydrogen (secondary N) is 4. The molecule has 0 aliphatic heterocycles. The molecule has 22 heavy (non-hydrogen) atoms. The topological polar surface area (TPSA) is 126 Å². The first-order valence-electron chi connectivity index (χ1n) is 7.42. The zero-order valence-electron chi connectivity index (χ0n) is 13.7. The number of hydrogen-bond acceptors (Lipinski definition) is 3. The van der Waals surface area contributed by atoms with E-state index in [-0.39, 0.29) is 4.75 Å². The van der Waals surface area contributed by atoms with Crippen LogP contribution in [-0.2, 0) is 9.81 Å². The number of hydrogen-bond donors (Lipinski definition) is 6. The smallest absolute Gasteiger partial charge is 0.245 e. The fourth-order valence-electron chi connectivity index (χ4n) is 1.70. The standard InChI is InChI=1S/C15H28N6S/c1-15(2,3)22(18,19)20-11-5-4-6-14(17)21-13-9-7-12(16)8-10-13/h7-10H,4-6,11,16H2,1-3H3,(H2,17,21)(H3,18,19,20)/p+1. The van der Waals surface area contributed by atoms with Gasteiger partial charge in [0.05, 0.1) is 0 Å². The average molecular weight is 326 g/mol. The zero-order chi connectivity index (χ0) is 16.8. The van der Waals surface area contributed by atoms with Crippen molar-refractivity contribution in [3.63, 3.8) is 0 Å². The fourth-order valence-corrected chi connectivity index (χ4v) is 2.58. The van der Waals surface area contributed by atoms with Crippen LogP contribution in [0.4, 0.5) is 11.4 Å². The van der Waals surface area contributed by atoms with Gasteiger partial charge >= 0.3 is 0 Å². The Morgan fingerprint density at radius 3 is 2.32 bits per heavy atom. The first kappa shape index (κ1) is 18.4. The highest BCUT2D eigenvalue weighted by Gasteiger charge is 2.20. The van der Waals surface area contributed by atoms with Crippen molar-refractivity contribution in [3.05, 3.63) is 24.3 Å². The maximum atomic E-state index is 8.05. The molecule has 0 saturated carbocycles. The highest BCUT2D eigenvalue weighted by molar-refractivity contribution is 7.92. The van der Waals surface area contributed by atoms with Gasteiger partial charge in [0.15, 0.2) is 0 Å². The molecular weight excluding hydrogens is 296 g/mol. The molecule has 1 aromatic carbocycles. The summed E-state index contributed by atoms with van der Waals surface area (Å²) in [6.45, 7) is 6.46. The summed E-state index contributed by atoms with van der Waals surface area (Å²) in [6.07, 6.45) is 2.58. The Balaban J connectivity index is 2.34. The fraction of sp³-hybridized carbons (Fsp3) is 0.533. The summed E-state index contributed by atoms with van der Waals surface area (Å²) in [5.74, 6) is 0.718. The van der Waals surface area contributed by atoms with Crippen molar-refractivity contribution >= 4 is 27.0 Å². The Bertz CT molecular complexity index is 596. The van der Waals surface area contributed by atoms with E-state index in [1.54, 1.807) is 0 Å². The van der Waals surface area contributed by atoms with E-state index in [4.69, 9.17) is 21.0 Å². The maximum Gasteiger partial charge on any atom is 0.245 e. The third-order valence-electron chi connectivity index (χ3n) is 3.33. The minimum absolute atomic E-state index is 0.338. The van der Waals surface area contributed by atoms with Gasteiger partial charge in [-0.25, -0.2) is 9.71 Å². The largest absolute Gasteiger partial charge is 0.399 e. The van der Waals surface area contributed by atoms with Crippen LogP contribution in [0.2, 0.25) is 0 Å². The molecule has 0 amide bonds. The number of benzene rings is 1. The second-order valence-electron chi connectivity index (χ2n) is 6.35. The van der Waals surface area contributed by atoms with Gasteiger partial charge in [-0.05, 0) is 67.7 Å². The molecule has 0 aromatic heterocycles. The molecule has 0 saturated heterocycles. The third kappa shape index (κ3) is 6.03. The Hall–Kier alpha value is -1.60. The van der Waals surface area contributed by atoms with Gasteiger partial charge in [-0.2, -0.15) is 0 Å². The van der Waals surface area contributed by atoms with E-state index < -0.39 is 9.81 Å². The SMILES string of the molecule is CC(C)(C)S(=N)(=N)NCCCCC(N)=[NH+]c1ccc(N)cc1. The second kappa shape index (κ2) is 7.60. The second-order valence-corrected chi connectivity index (χ2v) is 9.09. The van der Waals surface area contributed by atoms with Crippen molar-refractivity contribution < 1.29 is 4.99 Å². The van der Waals surface area contributed by atoms with E-state index in [1.807, 2.05) is 45.0 Å². The average Bonchev–Trinajstić information content (AvgIpc) is 2.39. The first-order chi connectivity index (χ1) is 10.1. The van der Waals surface area contributed by atoms with E-state index in [9.17, 15) is 0 Å². The van der Waals surface area contributed by atoms with Crippen LogP contribution in [0, 0.1) is 9.56 Å². The Morgan fingerprint density at radius 2 is 1.77 bits per heavy atom. The molecule has 0 aliphatic carbocycles. The summed E-state index contributed by atoms with van der Waals surface area (Å²) in [5, 5.41) is 0. The number of unbranched alkanes of at least 4 members (excludes halogenated alkanes) is 1. The Kier molecular flexibility index (Phi) is 6.37. The molecule has 0 spiro atoms. The molecule has 1 rings (SSSR count). The molecule has 7 heteroatoms. The lowest BCUT2D eigenvalue weighted by molar-refractivity contribution is -0.356. The van der Waals surface area contributed by atoms with Crippen LogP contribution in [0.5, 0.6) is 0 Å². The summed E-state index contributed by atoms with van der Waals surface area (Å²) < 4.78 is 18.8. The van der Waals surface area contributed by atoms with E-state index >= 15 is 0 Å². The summed E-state index contributed by atoms with van der Waals surface area (Å²) in [7, 11) is -2.27. The van der Waals surface area contributed by atoms with Crippen molar-refractivity contribution in [1.29, 1.82) is 9.56 Å². The van der Waals surface area contributed by atoms with Gasteiger partial charge in [0.2, 0.25) is 5.84 Å². The first-order valence-corrected chi connectivity index (χ1v) is 9.06. The molecule has 0 atom stereocenters. The maximum absolute atomic E-state index is 8.05. The van der Waals surface area contributed by atoms with Crippen LogP contribution in [0.3, 0.4) is 0 Å². The van der Waals surface area contributed by atoms with Gasteiger partial charge in [-0.3, -0.25) is 15.3 Å². The van der Waals surface area contributed by atoms with Crippen LogP contribution in [0.15, 0.2) is 24.3 Å².